The minimum absolute atomic E-state index is 0.0293. The molecule has 27 heavy (non-hydrogen) atoms. The minimum Gasteiger partial charge on any atom is -0.433 e. The minimum atomic E-state index is -0.498. The van der Waals surface area contributed by atoms with Gasteiger partial charge in [-0.3, -0.25) is 10.1 Å². The molecule has 3 aromatic rings. The summed E-state index contributed by atoms with van der Waals surface area (Å²) in [5, 5.41) is 16.0. The Kier molecular flexibility index (Phi) is 5.34. The SMILES string of the molecule is Cc1nc(Oc2c(-c3cc(Cl)ccc3Cl)noc2C(C)C)ccc1[N+](=O)[O-]. The molecule has 0 fully saturated rings. The van der Waals surface area contributed by atoms with Crippen LogP contribution in [0.3, 0.4) is 0 Å². The van der Waals surface area contributed by atoms with Crippen molar-refractivity contribution in [2.24, 2.45) is 0 Å². The van der Waals surface area contributed by atoms with Crippen molar-refractivity contribution in [1.82, 2.24) is 10.1 Å². The first-order valence-electron chi connectivity index (χ1n) is 8.02. The Morgan fingerprint density at radius 3 is 2.59 bits per heavy atom. The number of pyridine rings is 1. The summed E-state index contributed by atoms with van der Waals surface area (Å²) in [5.74, 6) is 0.995. The molecule has 0 spiro atoms. The number of rotatable bonds is 5. The van der Waals surface area contributed by atoms with Crippen LogP contribution in [0, 0.1) is 17.0 Å². The molecule has 0 atom stereocenters. The number of benzene rings is 1. The summed E-state index contributed by atoms with van der Waals surface area (Å²) in [5.41, 5.74) is 1.08. The number of aryl methyl sites for hydroxylation is 1. The molecule has 0 aliphatic carbocycles. The molecule has 0 saturated carbocycles. The van der Waals surface area contributed by atoms with Crippen molar-refractivity contribution in [1.29, 1.82) is 0 Å². The zero-order valence-electron chi connectivity index (χ0n) is 14.7. The van der Waals surface area contributed by atoms with Gasteiger partial charge in [-0.05, 0) is 25.1 Å². The Bertz CT molecular complexity index is 1020. The Balaban J connectivity index is 2.09. The predicted molar refractivity (Wildman–Crippen MR) is 102 cm³/mol. The molecule has 3 rings (SSSR count). The summed E-state index contributed by atoms with van der Waals surface area (Å²) in [6.07, 6.45) is 0. The molecule has 7 nitrogen and oxygen atoms in total. The van der Waals surface area contributed by atoms with Crippen molar-refractivity contribution in [3.63, 3.8) is 0 Å². The van der Waals surface area contributed by atoms with Crippen LogP contribution in [-0.4, -0.2) is 15.1 Å². The van der Waals surface area contributed by atoms with Gasteiger partial charge in [0.15, 0.2) is 17.2 Å². The van der Waals surface area contributed by atoms with E-state index in [0.717, 1.165) is 0 Å². The van der Waals surface area contributed by atoms with E-state index in [2.05, 4.69) is 10.1 Å². The Labute approximate surface area is 165 Å². The van der Waals surface area contributed by atoms with Gasteiger partial charge in [0.2, 0.25) is 5.88 Å². The molecule has 0 aliphatic heterocycles. The first-order chi connectivity index (χ1) is 12.8. The normalized spacial score (nSPS) is 11.0. The second-order valence-electron chi connectivity index (χ2n) is 6.12. The fourth-order valence-corrected chi connectivity index (χ4v) is 2.88. The van der Waals surface area contributed by atoms with Gasteiger partial charge in [0.25, 0.3) is 5.69 Å². The van der Waals surface area contributed by atoms with Crippen molar-refractivity contribution in [3.8, 4) is 22.9 Å². The standard InChI is InChI=1S/C18H15Cl2N3O4/c1-9(2)17-18(26-15-7-6-14(23(24)25)10(3)21-15)16(22-27-17)12-8-11(19)4-5-13(12)20/h4-9H,1-3H3. The maximum atomic E-state index is 11.0. The number of ether oxygens (including phenoxy) is 1. The lowest BCUT2D eigenvalue weighted by Crippen LogP contribution is -1.98. The van der Waals surface area contributed by atoms with Gasteiger partial charge in [0.05, 0.1) is 9.95 Å². The monoisotopic (exact) mass is 407 g/mol. The van der Waals surface area contributed by atoms with Crippen LogP contribution >= 0.6 is 23.2 Å². The molecule has 0 radical (unpaired) electrons. The molecular formula is C18H15Cl2N3O4. The van der Waals surface area contributed by atoms with E-state index < -0.39 is 4.92 Å². The number of nitro groups is 1. The van der Waals surface area contributed by atoms with Gasteiger partial charge in [0.1, 0.15) is 5.69 Å². The number of aromatic nitrogens is 2. The first kappa shape index (κ1) is 19.1. The van der Waals surface area contributed by atoms with E-state index in [1.807, 2.05) is 13.8 Å². The highest BCUT2D eigenvalue weighted by atomic mass is 35.5. The van der Waals surface area contributed by atoms with Crippen LogP contribution in [0.15, 0.2) is 34.9 Å². The third-order valence-electron chi connectivity index (χ3n) is 3.82. The number of hydrogen-bond donors (Lipinski definition) is 0. The van der Waals surface area contributed by atoms with E-state index in [1.165, 1.54) is 19.1 Å². The molecule has 9 heteroatoms. The van der Waals surface area contributed by atoms with Crippen molar-refractivity contribution in [3.05, 3.63) is 61.9 Å². The van der Waals surface area contributed by atoms with Crippen molar-refractivity contribution < 1.29 is 14.2 Å². The van der Waals surface area contributed by atoms with Gasteiger partial charge >= 0.3 is 0 Å². The lowest BCUT2D eigenvalue weighted by atomic mass is 10.1. The van der Waals surface area contributed by atoms with Gasteiger partial charge in [-0.2, -0.15) is 0 Å². The Morgan fingerprint density at radius 1 is 1.22 bits per heavy atom. The number of hydrogen-bond acceptors (Lipinski definition) is 6. The third kappa shape index (κ3) is 3.89. The molecular weight excluding hydrogens is 393 g/mol. The van der Waals surface area contributed by atoms with E-state index in [4.69, 9.17) is 32.5 Å². The third-order valence-corrected chi connectivity index (χ3v) is 4.38. The summed E-state index contributed by atoms with van der Waals surface area (Å²) in [6.45, 7) is 5.38. The summed E-state index contributed by atoms with van der Waals surface area (Å²) >= 11 is 12.4. The molecule has 0 saturated heterocycles. The van der Waals surface area contributed by atoms with Crippen molar-refractivity contribution >= 4 is 28.9 Å². The molecule has 0 amide bonds. The highest BCUT2D eigenvalue weighted by Crippen LogP contribution is 2.42. The Hall–Kier alpha value is -2.64. The average Bonchev–Trinajstić information content (AvgIpc) is 3.00. The highest BCUT2D eigenvalue weighted by Gasteiger charge is 2.25. The summed E-state index contributed by atoms with van der Waals surface area (Å²) < 4.78 is 11.4. The highest BCUT2D eigenvalue weighted by molar-refractivity contribution is 6.35. The quantitative estimate of drug-likeness (QED) is 0.370. The largest absolute Gasteiger partial charge is 0.433 e. The average molecular weight is 408 g/mol. The van der Waals surface area contributed by atoms with E-state index >= 15 is 0 Å². The molecule has 140 valence electrons. The maximum Gasteiger partial charge on any atom is 0.290 e. The molecule has 0 bridgehead atoms. The van der Waals surface area contributed by atoms with Crippen LogP contribution in [0.25, 0.3) is 11.3 Å². The van der Waals surface area contributed by atoms with Crippen LogP contribution in [0.5, 0.6) is 11.6 Å². The van der Waals surface area contributed by atoms with Crippen LogP contribution in [0.1, 0.15) is 31.2 Å². The van der Waals surface area contributed by atoms with Crippen molar-refractivity contribution in [2.75, 3.05) is 0 Å². The van der Waals surface area contributed by atoms with Crippen LogP contribution in [0.4, 0.5) is 5.69 Å². The van der Waals surface area contributed by atoms with Gasteiger partial charge in [-0.1, -0.05) is 42.2 Å². The topological polar surface area (TPSA) is 91.3 Å². The number of nitrogens with zero attached hydrogens (tertiary/aromatic N) is 3. The van der Waals surface area contributed by atoms with Gasteiger partial charge < -0.3 is 9.26 Å². The summed E-state index contributed by atoms with van der Waals surface area (Å²) in [6, 6.07) is 7.74. The molecule has 0 unspecified atom stereocenters. The van der Waals surface area contributed by atoms with E-state index in [9.17, 15) is 10.1 Å². The molecule has 2 aromatic heterocycles. The van der Waals surface area contributed by atoms with Gasteiger partial charge in [-0.25, -0.2) is 4.98 Å². The fourth-order valence-electron chi connectivity index (χ4n) is 2.50. The maximum absolute atomic E-state index is 11.0. The lowest BCUT2D eigenvalue weighted by Gasteiger charge is -2.09. The van der Waals surface area contributed by atoms with E-state index in [1.54, 1.807) is 18.2 Å². The van der Waals surface area contributed by atoms with E-state index in [0.29, 0.717) is 32.8 Å². The second kappa shape index (κ2) is 7.54. The fraction of sp³-hybridized carbons (Fsp3) is 0.222. The Morgan fingerprint density at radius 2 is 1.96 bits per heavy atom. The van der Waals surface area contributed by atoms with Gasteiger partial charge in [-0.15, -0.1) is 0 Å². The zero-order valence-corrected chi connectivity index (χ0v) is 16.2. The molecule has 0 N–H and O–H groups in total. The summed E-state index contributed by atoms with van der Waals surface area (Å²) in [7, 11) is 0. The smallest absolute Gasteiger partial charge is 0.290 e. The zero-order chi connectivity index (χ0) is 19.7. The van der Waals surface area contributed by atoms with Crippen LogP contribution < -0.4 is 4.74 Å². The van der Waals surface area contributed by atoms with Crippen LogP contribution in [0.2, 0.25) is 10.0 Å². The number of halogens is 2. The molecule has 0 aliphatic rings. The molecule has 1 aromatic carbocycles. The summed E-state index contributed by atoms with van der Waals surface area (Å²) in [4.78, 5) is 14.6. The second-order valence-corrected chi connectivity index (χ2v) is 6.96. The molecule has 2 heterocycles. The first-order valence-corrected chi connectivity index (χ1v) is 8.78. The van der Waals surface area contributed by atoms with E-state index in [-0.39, 0.29) is 23.2 Å². The predicted octanol–water partition coefficient (Wildman–Crippen LogP) is 6.18. The lowest BCUT2D eigenvalue weighted by molar-refractivity contribution is -0.385. The van der Waals surface area contributed by atoms with Crippen LogP contribution in [-0.2, 0) is 0 Å². The van der Waals surface area contributed by atoms with Gasteiger partial charge in [0, 0.05) is 28.6 Å². The van der Waals surface area contributed by atoms with Crippen molar-refractivity contribution in [2.45, 2.75) is 26.7 Å².